The first-order valence-corrected chi connectivity index (χ1v) is 6.41. The molecule has 0 aliphatic carbocycles. The van der Waals surface area contributed by atoms with Gasteiger partial charge in [0.15, 0.2) is 0 Å². The molecule has 0 spiro atoms. The zero-order valence-corrected chi connectivity index (χ0v) is 10.8. The van der Waals surface area contributed by atoms with Gasteiger partial charge < -0.3 is 5.73 Å². The van der Waals surface area contributed by atoms with Crippen molar-refractivity contribution in [1.29, 1.82) is 0 Å². The molecule has 0 bridgehead atoms. The fraction of sp³-hybridized carbons (Fsp3) is 0.818. The molecule has 0 saturated carbocycles. The highest BCUT2D eigenvalue weighted by molar-refractivity contribution is 7.05. The predicted molar refractivity (Wildman–Crippen MR) is 65.0 cm³/mol. The van der Waals surface area contributed by atoms with Gasteiger partial charge in [-0.3, -0.25) is 0 Å². The number of nitrogens with two attached hydrogens (primary N) is 1. The van der Waals surface area contributed by atoms with Crippen LogP contribution >= 0.6 is 11.5 Å². The molecule has 2 atom stereocenters. The van der Waals surface area contributed by atoms with E-state index in [1.165, 1.54) is 22.8 Å². The van der Waals surface area contributed by atoms with E-state index >= 15 is 0 Å². The molecule has 0 aliphatic heterocycles. The van der Waals surface area contributed by atoms with Gasteiger partial charge in [-0.15, -0.1) is 5.10 Å². The topological polar surface area (TPSA) is 51.8 Å². The first-order valence-electron chi connectivity index (χ1n) is 5.63. The molecule has 0 fully saturated rings. The predicted octanol–water partition coefficient (Wildman–Crippen LogP) is 3.10. The molecule has 0 amide bonds. The molecule has 4 heteroatoms. The van der Waals surface area contributed by atoms with Crippen molar-refractivity contribution in [2.45, 2.75) is 52.5 Å². The Labute approximate surface area is 96.2 Å². The maximum atomic E-state index is 6.18. The molecule has 1 aromatic heterocycles. The first kappa shape index (κ1) is 12.6. The molecule has 2 N–H and O–H groups in total. The second-order valence-electron chi connectivity index (χ2n) is 4.53. The summed E-state index contributed by atoms with van der Waals surface area (Å²) in [7, 11) is 0. The third-order valence-corrected chi connectivity index (χ3v) is 3.65. The summed E-state index contributed by atoms with van der Waals surface area (Å²) in [5, 5.41) is 4.16. The van der Waals surface area contributed by atoms with Crippen LogP contribution in [0.4, 0.5) is 0 Å². The lowest BCUT2D eigenvalue weighted by atomic mass is 9.96. The van der Waals surface area contributed by atoms with Crippen molar-refractivity contribution in [1.82, 2.24) is 9.59 Å². The van der Waals surface area contributed by atoms with Crippen molar-refractivity contribution in [3.63, 3.8) is 0 Å². The lowest BCUT2D eigenvalue weighted by molar-refractivity contribution is 0.462. The van der Waals surface area contributed by atoms with Crippen LogP contribution in [0.1, 0.15) is 63.1 Å². The van der Waals surface area contributed by atoms with Crippen molar-refractivity contribution in [2.24, 2.45) is 11.7 Å². The van der Waals surface area contributed by atoms with Gasteiger partial charge in [0.25, 0.3) is 0 Å². The highest BCUT2D eigenvalue weighted by Crippen LogP contribution is 2.29. The summed E-state index contributed by atoms with van der Waals surface area (Å²) in [6, 6.07) is 0.109. The van der Waals surface area contributed by atoms with E-state index in [-0.39, 0.29) is 6.04 Å². The van der Waals surface area contributed by atoms with Gasteiger partial charge in [0, 0.05) is 6.04 Å². The van der Waals surface area contributed by atoms with Gasteiger partial charge in [0.2, 0.25) is 0 Å². The fourth-order valence-electron chi connectivity index (χ4n) is 1.57. The normalized spacial score (nSPS) is 15.6. The van der Waals surface area contributed by atoms with Crippen LogP contribution in [0.15, 0.2) is 0 Å². The van der Waals surface area contributed by atoms with Crippen LogP contribution in [0.2, 0.25) is 0 Å². The SMILES string of the molecule is CCC(C)CC(N)c1snnc1C(C)C. The summed E-state index contributed by atoms with van der Waals surface area (Å²) in [5.74, 6) is 1.09. The minimum Gasteiger partial charge on any atom is -0.323 e. The summed E-state index contributed by atoms with van der Waals surface area (Å²) >= 11 is 1.45. The van der Waals surface area contributed by atoms with Crippen molar-refractivity contribution in [3.8, 4) is 0 Å². The minimum atomic E-state index is 0.109. The highest BCUT2D eigenvalue weighted by atomic mass is 32.1. The van der Waals surface area contributed by atoms with Crippen molar-refractivity contribution in [3.05, 3.63) is 10.6 Å². The molecular formula is C11H21N3S. The van der Waals surface area contributed by atoms with Gasteiger partial charge in [0.05, 0.1) is 10.6 Å². The molecule has 15 heavy (non-hydrogen) atoms. The van der Waals surface area contributed by atoms with E-state index in [4.69, 9.17) is 5.73 Å². The van der Waals surface area contributed by atoms with Crippen molar-refractivity contribution in [2.75, 3.05) is 0 Å². The Kier molecular flexibility index (Phi) is 4.67. The fourth-order valence-corrected chi connectivity index (χ4v) is 2.39. The number of aromatic nitrogens is 2. The lowest BCUT2D eigenvalue weighted by Crippen LogP contribution is -2.14. The van der Waals surface area contributed by atoms with Gasteiger partial charge in [0.1, 0.15) is 0 Å². The average Bonchev–Trinajstić information content (AvgIpc) is 2.65. The number of hydrogen-bond donors (Lipinski definition) is 1. The second kappa shape index (κ2) is 5.56. The standard InChI is InChI=1S/C11H21N3S/c1-5-8(4)6-9(12)11-10(7(2)3)13-14-15-11/h7-9H,5-6,12H2,1-4H3. The van der Waals surface area contributed by atoms with Gasteiger partial charge >= 0.3 is 0 Å². The van der Waals surface area contributed by atoms with Crippen LogP contribution in [0.5, 0.6) is 0 Å². The minimum absolute atomic E-state index is 0.109. The maximum Gasteiger partial charge on any atom is 0.0828 e. The van der Waals surface area contributed by atoms with Gasteiger partial charge in [-0.05, 0) is 29.8 Å². The Morgan fingerprint density at radius 2 is 2.00 bits per heavy atom. The van der Waals surface area contributed by atoms with Crippen LogP contribution < -0.4 is 5.73 Å². The summed E-state index contributed by atoms with van der Waals surface area (Å²) in [4.78, 5) is 1.17. The van der Waals surface area contributed by atoms with E-state index in [9.17, 15) is 0 Å². The third kappa shape index (κ3) is 3.24. The largest absolute Gasteiger partial charge is 0.323 e. The molecule has 0 aliphatic rings. The smallest absolute Gasteiger partial charge is 0.0828 e. The second-order valence-corrected chi connectivity index (χ2v) is 5.32. The summed E-state index contributed by atoms with van der Waals surface area (Å²) in [6.07, 6.45) is 2.21. The molecule has 86 valence electrons. The Bertz CT molecular complexity index is 296. The molecule has 1 rings (SSSR count). The Morgan fingerprint density at radius 3 is 2.53 bits per heavy atom. The number of rotatable bonds is 5. The van der Waals surface area contributed by atoms with E-state index in [1.54, 1.807) is 0 Å². The molecule has 0 aromatic carbocycles. The van der Waals surface area contributed by atoms with Crippen LogP contribution in [0.25, 0.3) is 0 Å². The summed E-state index contributed by atoms with van der Waals surface area (Å²) in [5.41, 5.74) is 7.26. The highest BCUT2D eigenvalue weighted by Gasteiger charge is 2.19. The van der Waals surface area contributed by atoms with Crippen LogP contribution in [-0.4, -0.2) is 9.59 Å². The Morgan fingerprint density at radius 1 is 1.33 bits per heavy atom. The molecule has 0 radical (unpaired) electrons. The molecular weight excluding hydrogens is 206 g/mol. The molecule has 0 saturated heterocycles. The molecule has 2 unspecified atom stereocenters. The quantitative estimate of drug-likeness (QED) is 0.841. The van der Waals surface area contributed by atoms with E-state index in [1.807, 2.05) is 0 Å². The van der Waals surface area contributed by atoms with E-state index in [0.29, 0.717) is 11.8 Å². The van der Waals surface area contributed by atoms with Gasteiger partial charge in [-0.25, -0.2) is 0 Å². The maximum absolute atomic E-state index is 6.18. The summed E-state index contributed by atoms with van der Waals surface area (Å²) < 4.78 is 4.01. The van der Waals surface area contributed by atoms with E-state index in [2.05, 4.69) is 37.3 Å². The third-order valence-electron chi connectivity index (χ3n) is 2.78. The number of hydrogen-bond acceptors (Lipinski definition) is 4. The van der Waals surface area contributed by atoms with Crippen molar-refractivity contribution >= 4 is 11.5 Å². The average molecular weight is 227 g/mol. The monoisotopic (exact) mass is 227 g/mol. The Balaban J connectivity index is 2.72. The number of nitrogens with zero attached hydrogens (tertiary/aromatic N) is 2. The molecule has 3 nitrogen and oxygen atoms in total. The Hall–Kier alpha value is -0.480. The van der Waals surface area contributed by atoms with E-state index in [0.717, 1.165) is 12.1 Å². The summed E-state index contributed by atoms with van der Waals surface area (Å²) in [6.45, 7) is 8.71. The lowest BCUT2D eigenvalue weighted by Gasteiger charge is -2.15. The van der Waals surface area contributed by atoms with Gasteiger partial charge in [-0.2, -0.15) is 0 Å². The molecule has 1 heterocycles. The van der Waals surface area contributed by atoms with Gasteiger partial charge in [-0.1, -0.05) is 38.6 Å². The van der Waals surface area contributed by atoms with Crippen molar-refractivity contribution < 1.29 is 0 Å². The van der Waals surface area contributed by atoms with Crippen LogP contribution in [0, 0.1) is 5.92 Å². The first-order chi connectivity index (χ1) is 7.06. The van der Waals surface area contributed by atoms with Crippen LogP contribution in [0.3, 0.4) is 0 Å². The molecule has 1 aromatic rings. The zero-order chi connectivity index (χ0) is 11.4. The van der Waals surface area contributed by atoms with Crippen LogP contribution in [-0.2, 0) is 0 Å². The zero-order valence-electron chi connectivity index (χ0n) is 10.0. The van der Waals surface area contributed by atoms with E-state index < -0.39 is 0 Å².